The second-order valence-corrected chi connectivity index (χ2v) is 8.40. The van der Waals surface area contributed by atoms with Crippen molar-refractivity contribution in [2.24, 2.45) is 5.92 Å². The van der Waals surface area contributed by atoms with Crippen LogP contribution in [0.3, 0.4) is 0 Å². The van der Waals surface area contributed by atoms with Crippen molar-refractivity contribution in [3.8, 4) is 0 Å². The van der Waals surface area contributed by atoms with E-state index in [2.05, 4.69) is 25.9 Å². The first-order valence-corrected chi connectivity index (χ1v) is 10.7. The highest BCUT2D eigenvalue weighted by atomic mass is 35.5. The number of amides is 2. The van der Waals surface area contributed by atoms with Gasteiger partial charge in [-0.25, -0.2) is 9.78 Å². The van der Waals surface area contributed by atoms with Gasteiger partial charge in [0.15, 0.2) is 0 Å². The molecule has 1 fully saturated rings. The lowest BCUT2D eigenvalue weighted by molar-refractivity contribution is -0.136. The Balaban J connectivity index is 1.47. The first kappa shape index (κ1) is 23.9. The van der Waals surface area contributed by atoms with Crippen molar-refractivity contribution < 1.29 is 18.0 Å². The lowest BCUT2D eigenvalue weighted by atomic mass is 9.86. The molecule has 0 bridgehead atoms. The minimum atomic E-state index is -4.62. The number of hydrogen-bond donors (Lipinski definition) is 3. The Hall–Kier alpha value is -2.75. The maximum absolute atomic E-state index is 13.2. The molecule has 1 heterocycles. The average Bonchev–Trinajstić information content (AvgIpc) is 2.74. The van der Waals surface area contributed by atoms with Gasteiger partial charge in [0.1, 0.15) is 5.82 Å². The zero-order chi connectivity index (χ0) is 23.3. The van der Waals surface area contributed by atoms with Gasteiger partial charge in [-0.05, 0) is 49.8 Å². The molecular formula is C21H26ClF3N6O. The SMILES string of the molecule is CN(C)c1ccnc(NC2CCC(CNC(=O)Nc3c(Cl)cccc3C(F)(F)F)CC2)n1. The van der Waals surface area contributed by atoms with E-state index in [0.29, 0.717) is 12.5 Å². The van der Waals surface area contributed by atoms with Crippen LogP contribution >= 0.6 is 11.6 Å². The number of alkyl halides is 3. The second-order valence-electron chi connectivity index (χ2n) is 7.99. The number of aromatic nitrogens is 2. The second kappa shape index (κ2) is 10.2. The van der Waals surface area contributed by atoms with Gasteiger partial charge in [0.2, 0.25) is 5.95 Å². The summed E-state index contributed by atoms with van der Waals surface area (Å²) in [6, 6.07) is 4.74. The molecular weight excluding hydrogens is 445 g/mol. The smallest absolute Gasteiger partial charge is 0.363 e. The Morgan fingerprint density at radius 2 is 1.91 bits per heavy atom. The average molecular weight is 471 g/mol. The van der Waals surface area contributed by atoms with Crippen LogP contribution in [-0.2, 0) is 6.18 Å². The summed E-state index contributed by atoms with van der Waals surface area (Å²) in [4.78, 5) is 22.8. The highest BCUT2D eigenvalue weighted by molar-refractivity contribution is 6.33. The number of carbonyl (C=O) groups excluding carboxylic acids is 1. The number of carbonyl (C=O) groups is 1. The maximum Gasteiger partial charge on any atom is 0.418 e. The lowest BCUT2D eigenvalue weighted by Gasteiger charge is -2.29. The number of rotatable bonds is 6. The third kappa shape index (κ3) is 6.38. The summed E-state index contributed by atoms with van der Waals surface area (Å²) >= 11 is 5.88. The topological polar surface area (TPSA) is 82.2 Å². The van der Waals surface area contributed by atoms with Crippen molar-refractivity contribution >= 4 is 35.1 Å². The standard InChI is InChI=1S/C21H26ClF3N6O/c1-31(2)17-10-11-26-19(29-17)28-14-8-6-13(7-9-14)12-27-20(32)30-18-15(21(23,24)25)4-3-5-16(18)22/h3-5,10-11,13-14H,6-9,12H2,1-2H3,(H,26,28,29)(H2,27,30,32). The molecule has 1 aromatic heterocycles. The van der Waals surface area contributed by atoms with E-state index >= 15 is 0 Å². The van der Waals surface area contributed by atoms with E-state index in [1.807, 2.05) is 25.1 Å². The fourth-order valence-electron chi connectivity index (χ4n) is 3.64. The molecule has 32 heavy (non-hydrogen) atoms. The number of anilines is 3. The van der Waals surface area contributed by atoms with Crippen LogP contribution in [0.1, 0.15) is 31.2 Å². The minimum absolute atomic E-state index is 0.165. The number of benzene rings is 1. The third-order valence-electron chi connectivity index (χ3n) is 5.39. The molecule has 7 nitrogen and oxygen atoms in total. The van der Waals surface area contributed by atoms with Crippen LogP contribution in [0.5, 0.6) is 0 Å². The molecule has 3 N–H and O–H groups in total. The van der Waals surface area contributed by atoms with Crippen molar-refractivity contribution in [2.75, 3.05) is 36.2 Å². The Kier molecular flexibility index (Phi) is 7.65. The molecule has 0 atom stereocenters. The van der Waals surface area contributed by atoms with Crippen LogP contribution in [-0.4, -0.2) is 42.7 Å². The van der Waals surface area contributed by atoms with E-state index in [-0.39, 0.29) is 17.0 Å². The van der Waals surface area contributed by atoms with E-state index in [0.717, 1.165) is 37.6 Å². The molecule has 0 aliphatic heterocycles. The molecule has 2 aromatic rings. The summed E-state index contributed by atoms with van der Waals surface area (Å²) in [6.45, 7) is 0.372. The van der Waals surface area contributed by atoms with Gasteiger partial charge >= 0.3 is 12.2 Å². The van der Waals surface area contributed by atoms with Crippen molar-refractivity contribution in [3.63, 3.8) is 0 Å². The fraction of sp³-hybridized carbons (Fsp3) is 0.476. The van der Waals surface area contributed by atoms with Gasteiger partial charge < -0.3 is 20.9 Å². The predicted octanol–water partition coefficient (Wildman–Crippen LogP) is 5.01. The van der Waals surface area contributed by atoms with Crippen LogP contribution < -0.4 is 20.9 Å². The van der Waals surface area contributed by atoms with Crippen LogP contribution in [0.4, 0.5) is 35.4 Å². The van der Waals surface area contributed by atoms with E-state index in [1.54, 1.807) is 6.20 Å². The maximum atomic E-state index is 13.2. The largest absolute Gasteiger partial charge is 0.418 e. The van der Waals surface area contributed by atoms with Crippen molar-refractivity contribution in [3.05, 3.63) is 41.0 Å². The molecule has 0 spiro atoms. The zero-order valence-corrected chi connectivity index (χ0v) is 18.6. The van der Waals surface area contributed by atoms with Crippen LogP contribution in [0.15, 0.2) is 30.5 Å². The van der Waals surface area contributed by atoms with E-state index in [4.69, 9.17) is 11.6 Å². The molecule has 0 saturated heterocycles. The van der Waals surface area contributed by atoms with Crippen LogP contribution in [0.2, 0.25) is 5.02 Å². The van der Waals surface area contributed by atoms with E-state index in [1.165, 1.54) is 12.1 Å². The molecule has 1 saturated carbocycles. The fourth-order valence-corrected chi connectivity index (χ4v) is 3.87. The van der Waals surface area contributed by atoms with Gasteiger partial charge in [-0.2, -0.15) is 18.2 Å². The summed E-state index contributed by atoms with van der Waals surface area (Å²) < 4.78 is 39.5. The summed E-state index contributed by atoms with van der Waals surface area (Å²) in [5.41, 5.74) is -1.42. The predicted molar refractivity (Wildman–Crippen MR) is 119 cm³/mol. The molecule has 1 aromatic carbocycles. The molecule has 1 aliphatic carbocycles. The van der Waals surface area contributed by atoms with Crippen molar-refractivity contribution in [2.45, 2.75) is 37.9 Å². The molecule has 3 rings (SSSR count). The molecule has 0 unspecified atom stereocenters. The van der Waals surface area contributed by atoms with Crippen LogP contribution in [0, 0.1) is 5.92 Å². The number of hydrogen-bond acceptors (Lipinski definition) is 5. The normalized spacial score (nSPS) is 18.7. The zero-order valence-electron chi connectivity index (χ0n) is 17.8. The van der Waals surface area contributed by atoms with E-state index < -0.39 is 23.5 Å². The first-order valence-electron chi connectivity index (χ1n) is 10.3. The van der Waals surface area contributed by atoms with Gasteiger partial charge in [0.25, 0.3) is 0 Å². The number of para-hydroxylation sites is 1. The van der Waals surface area contributed by atoms with Gasteiger partial charge in [-0.1, -0.05) is 17.7 Å². The molecule has 11 heteroatoms. The number of nitrogens with one attached hydrogen (secondary N) is 3. The van der Waals surface area contributed by atoms with Gasteiger partial charge in [-0.3, -0.25) is 0 Å². The molecule has 1 aliphatic rings. The quantitative estimate of drug-likeness (QED) is 0.553. The minimum Gasteiger partial charge on any atom is -0.363 e. The van der Waals surface area contributed by atoms with Crippen molar-refractivity contribution in [1.29, 1.82) is 0 Å². The lowest BCUT2D eigenvalue weighted by Crippen LogP contribution is -2.36. The van der Waals surface area contributed by atoms with Gasteiger partial charge in [0.05, 0.1) is 16.3 Å². The molecule has 2 amide bonds. The highest BCUT2D eigenvalue weighted by Gasteiger charge is 2.35. The Bertz CT molecular complexity index is 932. The van der Waals surface area contributed by atoms with Crippen molar-refractivity contribution in [1.82, 2.24) is 15.3 Å². The monoisotopic (exact) mass is 470 g/mol. The molecule has 0 radical (unpaired) electrons. The Morgan fingerprint density at radius 3 is 2.56 bits per heavy atom. The first-order chi connectivity index (χ1) is 15.1. The number of urea groups is 1. The van der Waals surface area contributed by atoms with E-state index in [9.17, 15) is 18.0 Å². The number of halogens is 4. The highest BCUT2D eigenvalue weighted by Crippen LogP contribution is 2.38. The molecule has 174 valence electrons. The Morgan fingerprint density at radius 1 is 1.19 bits per heavy atom. The van der Waals surface area contributed by atoms with Crippen LogP contribution in [0.25, 0.3) is 0 Å². The summed E-state index contributed by atoms with van der Waals surface area (Å²) in [7, 11) is 3.83. The van der Waals surface area contributed by atoms with Gasteiger partial charge in [0, 0.05) is 32.9 Å². The Labute approximate surface area is 189 Å². The summed E-state index contributed by atoms with van der Waals surface area (Å²) in [5.74, 6) is 1.64. The summed E-state index contributed by atoms with van der Waals surface area (Å²) in [6.07, 6.45) is 0.589. The van der Waals surface area contributed by atoms with Gasteiger partial charge in [-0.15, -0.1) is 0 Å². The third-order valence-corrected chi connectivity index (χ3v) is 5.70. The number of nitrogens with zero attached hydrogens (tertiary/aromatic N) is 3. The summed E-state index contributed by atoms with van der Waals surface area (Å²) in [5, 5.41) is 8.10.